The van der Waals surface area contributed by atoms with Crippen LogP contribution in [0.2, 0.25) is 5.02 Å². The molecule has 0 amide bonds. The Balaban J connectivity index is 2.29. The van der Waals surface area contributed by atoms with Crippen molar-refractivity contribution in [2.24, 2.45) is 0 Å². The van der Waals surface area contributed by atoms with Gasteiger partial charge < -0.3 is 0 Å². The van der Waals surface area contributed by atoms with Crippen molar-refractivity contribution < 1.29 is 0 Å². The summed E-state index contributed by atoms with van der Waals surface area (Å²) in [6.45, 7) is 2.18. The van der Waals surface area contributed by atoms with E-state index < -0.39 is 0 Å². The molecular formula is C13H17Cl. The molecule has 0 atom stereocenters. The maximum atomic E-state index is 6.26. The monoisotopic (exact) mass is 208 g/mol. The quantitative estimate of drug-likeness (QED) is 0.628. The molecule has 1 heteroatoms. The van der Waals surface area contributed by atoms with Crippen molar-refractivity contribution in [3.8, 4) is 0 Å². The lowest BCUT2D eigenvalue weighted by atomic mass is 9.82. The van der Waals surface area contributed by atoms with Crippen LogP contribution < -0.4 is 0 Å². The molecule has 0 aromatic heterocycles. The van der Waals surface area contributed by atoms with Crippen molar-refractivity contribution in [1.82, 2.24) is 0 Å². The second kappa shape index (κ2) is 4.35. The van der Waals surface area contributed by atoms with Crippen molar-refractivity contribution in [3.05, 3.63) is 34.3 Å². The first-order valence-electron chi connectivity index (χ1n) is 5.54. The molecular weight excluding hydrogens is 192 g/mol. The van der Waals surface area contributed by atoms with E-state index in [1.54, 1.807) is 0 Å². The number of hydrogen-bond donors (Lipinski definition) is 0. The lowest BCUT2D eigenvalue weighted by molar-refractivity contribution is 0.442. The van der Waals surface area contributed by atoms with E-state index in [0.29, 0.717) is 0 Å². The first-order chi connectivity index (χ1) is 6.79. The van der Waals surface area contributed by atoms with Gasteiger partial charge in [-0.1, -0.05) is 43.0 Å². The van der Waals surface area contributed by atoms with Gasteiger partial charge in [0.1, 0.15) is 0 Å². The van der Waals surface area contributed by atoms with Gasteiger partial charge in [-0.3, -0.25) is 0 Å². The maximum Gasteiger partial charge on any atom is 0.0443 e. The van der Waals surface area contributed by atoms with Crippen LogP contribution in [0.1, 0.15) is 49.1 Å². The zero-order chi connectivity index (χ0) is 9.97. The Hall–Kier alpha value is -0.490. The van der Waals surface area contributed by atoms with Crippen molar-refractivity contribution in [2.75, 3.05) is 0 Å². The Kier molecular flexibility index (Phi) is 3.12. The van der Waals surface area contributed by atoms with Gasteiger partial charge in [0.25, 0.3) is 0 Å². The van der Waals surface area contributed by atoms with Gasteiger partial charge in [-0.2, -0.15) is 0 Å². The standard InChI is InChI=1S/C13H17Cl/c1-10-6-5-9-12(14)13(10)11-7-3-2-4-8-11/h5-6,9,11H,2-4,7-8H2,1H3. The van der Waals surface area contributed by atoms with E-state index >= 15 is 0 Å². The molecule has 0 nitrogen and oxygen atoms in total. The van der Waals surface area contributed by atoms with Gasteiger partial charge in [-0.05, 0) is 42.9 Å². The summed E-state index contributed by atoms with van der Waals surface area (Å²) < 4.78 is 0. The predicted octanol–water partition coefficient (Wildman–Crippen LogP) is 4.70. The highest BCUT2D eigenvalue weighted by molar-refractivity contribution is 6.31. The van der Waals surface area contributed by atoms with Gasteiger partial charge in [-0.25, -0.2) is 0 Å². The minimum atomic E-state index is 0.720. The molecule has 0 heterocycles. The SMILES string of the molecule is Cc1cccc(Cl)c1C1CCCCC1. The van der Waals surface area contributed by atoms with Crippen LogP contribution in [0.3, 0.4) is 0 Å². The predicted molar refractivity (Wildman–Crippen MR) is 62.0 cm³/mol. The molecule has 0 bridgehead atoms. The van der Waals surface area contributed by atoms with Gasteiger partial charge >= 0.3 is 0 Å². The van der Waals surface area contributed by atoms with E-state index in [1.807, 2.05) is 12.1 Å². The Morgan fingerprint density at radius 2 is 1.86 bits per heavy atom. The lowest BCUT2D eigenvalue weighted by Crippen LogP contribution is -2.06. The van der Waals surface area contributed by atoms with Gasteiger partial charge in [0.2, 0.25) is 0 Å². The molecule has 76 valence electrons. The van der Waals surface area contributed by atoms with Crippen LogP contribution >= 0.6 is 11.6 Å². The van der Waals surface area contributed by atoms with E-state index in [2.05, 4.69) is 13.0 Å². The number of benzene rings is 1. The summed E-state index contributed by atoms with van der Waals surface area (Å²) in [5.41, 5.74) is 2.78. The molecule has 14 heavy (non-hydrogen) atoms. The third kappa shape index (κ3) is 1.95. The third-order valence-corrected chi connectivity index (χ3v) is 3.61. The van der Waals surface area contributed by atoms with E-state index in [9.17, 15) is 0 Å². The van der Waals surface area contributed by atoms with Crippen LogP contribution in [0.5, 0.6) is 0 Å². The summed E-state index contributed by atoms with van der Waals surface area (Å²) in [6, 6.07) is 6.25. The first kappa shape index (κ1) is 10.0. The van der Waals surface area contributed by atoms with E-state index in [1.165, 1.54) is 43.2 Å². The average molecular weight is 209 g/mol. The molecule has 0 unspecified atom stereocenters. The summed E-state index contributed by atoms with van der Waals surface area (Å²) in [7, 11) is 0. The zero-order valence-corrected chi connectivity index (χ0v) is 9.48. The minimum absolute atomic E-state index is 0.720. The fourth-order valence-electron chi connectivity index (χ4n) is 2.55. The van der Waals surface area contributed by atoms with Crippen molar-refractivity contribution in [2.45, 2.75) is 44.9 Å². The molecule has 0 N–H and O–H groups in total. The van der Waals surface area contributed by atoms with Gasteiger partial charge in [0.15, 0.2) is 0 Å². The number of hydrogen-bond acceptors (Lipinski definition) is 0. The fraction of sp³-hybridized carbons (Fsp3) is 0.538. The van der Waals surface area contributed by atoms with E-state index in [0.717, 1.165) is 10.9 Å². The molecule has 0 spiro atoms. The van der Waals surface area contributed by atoms with Gasteiger partial charge in [0.05, 0.1) is 0 Å². The van der Waals surface area contributed by atoms with Gasteiger partial charge in [-0.15, -0.1) is 0 Å². The molecule has 0 aliphatic heterocycles. The normalized spacial score (nSPS) is 18.4. The first-order valence-corrected chi connectivity index (χ1v) is 5.92. The third-order valence-electron chi connectivity index (χ3n) is 3.28. The fourth-order valence-corrected chi connectivity index (χ4v) is 2.93. The molecule has 1 aliphatic carbocycles. The van der Waals surface area contributed by atoms with Crippen LogP contribution in [0.15, 0.2) is 18.2 Å². The highest BCUT2D eigenvalue weighted by Crippen LogP contribution is 2.37. The summed E-state index contributed by atoms with van der Waals surface area (Å²) >= 11 is 6.26. The number of rotatable bonds is 1. The van der Waals surface area contributed by atoms with Crippen molar-refractivity contribution in [1.29, 1.82) is 0 Å². The smallest absolute Gasteiger partial charge is 0.0443 e. The van der Waals surface area contributed by atoms with Gasteiger partial charge in [0, 0.05) is 5.02 Å². The number of aryl methyl sites for hydroxylation is 1. The molecule has 1 aliphatic rings. The van der Waals surface area contributed by atoms with Crippen molar-refractivity contribution in [3.63, 3.8) is 0 Å². The van der Waals surface area contributed by atoms with Crippen LogP contribution in [0.4, 0.5) is 0 Å². The molecule has 2 rings (SSSR count). The second-order valence-electron chi connectivity index (χ2n) is 4.31. The van der Waals surface area contributed by atoms with E-state index in [4.69, 9.17) is 11.6 Å². The van der Waals surface area contributed by atoms with Crippen molar-refractivity contribution >= 4 is 11.6 Å². The Bertz CT molecular complexity index is 291. The topological polar surface area (TPSA) is 0 Å². The minimum Gasteiger partial charge on any atom is -0.0840 e. The zero-order valence-electron chi connectivity index (χ0n) is 8.72. The molecule has 1 fully saturated rings. The Morgan fingerprint density at radius 1 is 1.14 bits per heavy atom. The summed E-state index contributed by atoms with van der Waals surface area (Å²) in [6.07, 6.45) is 6.79. The number of halogens is 1. The molecule has 0 radical (unpaired) electrons. The van der Waals surface area contributed by atoms with Crippen LogP contribution in [0, 0.1) is 6.92 Å². The molecule has 1 saturated carbocycles. The summed E-state index contributed by atoms with van der Waals surface area (Å²) in [5, 5.41) is 0.969. The Labute approximate surface area is 91.3 Å². The van der Waals surface area contributed by atoms with E-state index in [-0.39, 0.29) is 0 Å². The highest BCUT2D eigenvalue weighted by Gasteiger charge is 2.19. The van der Waals surface area contributed by atoms with Crippen LogP contribution in [-0.4, -0.2) is 0 Å². The molecule has 1 aromatic rings. The van der Waals surface area contributed by atoms with Crippen LogP contribution in [0.25, 0.3) is 0 Å². The average Bonchev–Trinajstić information content (AvgIpc) is 2.19. The van der Waals surface area contributed by atoms with Crippen LogP contribution in [-0.2, 0) is 0 Å². The lowest BCUT2D eigenvalue weighted by Gasteiger charge is -2.24. The summed E-state index contributed by atoms with van der Waals surface area (Å²) in [5.74, 6) is 0.720. The molecule has 1 aromatic carbocycles. The largest absolute Gasteiger partial charge is 0.0840 e. The molecule has 0 saturated heterocycles. The maximum absolute atomic E-state index is 6.26. The highest BCUT2D eigenvalue weighted by atomic mass is 35.5. The summed E-state index contributed by atoms with van der Waals surface area (Å²) in [4.78, 5) is 0. The second-order valence-corrected chi connectivity index (χ2v) is 4.71. The Morgan fingerprint density at radius 3 is 2.50 bits per heavy atom.